The average molecular weight is 376 g/mol. The van der Waals surface area contributed by atoms with E-state index in [0.717, 1.165) is 0 Å². The number of ketones is 1. The standard InChI is InChI=1S/C22H17FN2O3/c23-16-10-9-13(11-19(16)27-14-5-2-1-3-6-14)20-15(12-24)22(25)28-18-8-4-7-17(26)21(18)20/h1-3,5-6,9-11,15,20,25H,4,7-8H2. The van der Waals surface area contributed by atoms with E-state index in [2.05, 4.69) is 6.07 Å². The molecule has 1 N–H and O–H groups in total. The molecule has 2 aromatic carbocycles. The maximum Gasteiger partial charge on any atom is 0.205 e. The summed E-state index contributed by atoms with van der Waals surface area (Å²) < 4.78 is 25.5. The van der Waals surface area contributed by atoms with Gasteiger partial charge in [-0.05, 0) is 36.2 Å². The van der Waals surface area contributed by atoms with Gasteiger partial charge in [0, 0.05) is 24.3 Å². The van der Waals surface area contributed by atoms with E-state index in [4.69, 9.17) is 14.9 Å². The second-order valence-electron chi connectivity index (χ2n) is 6.77. The van der Waals surface area contributed by atoms with Crippen molar-refractivity contribution in [2.45, 2.75) is 25.2 Å². The van der Waals surface area contributed by atoms with Gasteiger partial charge >= 0.3 is 0 Å². The van der Waals surface area contributed by atoms with Crippen LogP contribution in [0.1, 0.15) is 30.7 Å². The summed E-state index contributed by atoms with van der Waals surface area (Å²) in [6.45, 7) is 0. The number of carbonyl (C=O) groups excluding carboxylic acids is 1. The molecular weight excluding hydrogens is 359 g/mol. The van der Waals surface area contributed by atoms with Gasteiger partial charge in [0.1, 0.15) is 17.4 Å². The molecule has 0 saturated carbocycles. The van der Waals surface area contributed by atoms with Crippen molar-refractivity contribution >= 4 is 11.7 Å². The van der Waals surface area contributed by atoms with E-state index in [1.165, 1.54) is 18.2 Å². The summed E-state index contributed by atoms with van der Waals surface area (Å²) in [6.07, 6.45) is 1.58. The van der Waals surface area contributed by atoms with Gasteiger partial charge in [-0.3, -0.25) is 10.2 Å². The molecule has 2 unspecified atom stereocenters. The smallest absolute Gasteiger partial charge is 0.205 e. The van der Waals surface area contributed by atoms with Crippen molar-refractivity contribution in [3.63, 3.8) is 0 Å². The Morgan fingerprint density at radius 1 is 1.18 bits per heavy atom. The first-order chi connectivity index (χ1) is 13.6. The molecule has 6 heteroatoms. The van der Waals surface area contributed by atoms with E-state index in [-0.39, 0.29) is 17.4 Å². The molecule has 0 bridgehead atoms. The van der Waals surface area contributed by atoms with Crippen LogP contribution in [0.3, 0.4) is 0 Å². The maximum atomic E-state index is 14.4. The summed E-state index contributed by atoms with van der Waals surface area (Å²) in [5.41, 5.74) is 0.973. The quantitative estimate of drug-likeness (QED) is 0.829. The highest BCUT2D eigenvalue weighted by atomic mass is 19.1. The molecule has 0 amide bonds. The molecule has 28 heavy (non-hydrogen) atoms. The monoisotopic (exact) mass is 376 g/mol. The topological polar surface area (TPSA) is 83.2 Å². The number of ether oxygens (including phenoxy) is 2. The summed E-state index contributed by atoms with van der Waals surface area (Å²) in [5.74, 6) is -1.51. The number of nitriles is 1. The maximum absolute atomic E-state index is 14.4. The Kier molecular flexibility index (Phi) is 4.66. The fraction of sp³-hybridized carbons (Fsp3) is 0.227. The van der Waals surface area contributed by atoms with Crippen molar-refractivity contribution in [1.82, 2.24) is 0 Å². The van der Waals surface area contributed by atoms with E-state index in [0.29, 0.717) is 41.9 Å². The Morgan fingerprint density at radius 2 is 1.96 bits per heavy atom. The first kappa shape index (κ1) is 17.9. The van der Waals surface area contributed by atoms with Crippen molar-refractivity contribution in [3.8, 4) is 17.6 Å². The second-order valence-corrected chi connectivity index (χ2v) is 6.77. The second kappa shape index (κ2) is 7.28. The molecule has 140 valence electrons. The van der Waals surface area contributed by atoms with Gasteiger partial charge in [0.2, 0.25) is 5.90 Å². The molecule has 0 fully saturated rings. The van der Waals surface area contributed by atoms with Crippen LogP contribution in [0.5, 0.6) is 11.5 Å². The molecule has 2 aliphatic rings. The number of para-hydroxylation sites is 1. The highest BCUT2D eigenvalue weighted by molar-refractivity contribution is 6.01. The lowest BCUT2D eigenvalue weighted by Crippen LogP contribution is -2.34. The van der Waals surface area contributed by atoms with Crippen LogP contribution in [0.15, 0.2) is 59.9 Å². The number of benzene rings is 2. The first-order valence-corrected chi connectivity index (χ1v) is 9.03. The molecule has 1 heterocycles. The van der Waals surface area contributed by atoms with Crippen LogP contribution in [0.4, 0.5) is 4.39 Å². The van der Waals surface area contributed by atoms with E-state index in [1.807, 2.05) is 6.07 Å². The number of nitrogens with zero attached hydrogens (tertiary/aromatic N) is 1. The van der Waals surface area contributed by atoms with Crippen LogP contribution in [0, 0.1) is 28.5 Å². The number of hydrogen-bond acceptors (Lipinski definition) is 5. The van der Waals surface area contributed by atoms with Gasteiger partial charge in [0.15, 0.2) is 17.3 Å². The van der Waals surface area contributed by atoms with Gasteiger partial charge in [0.25, 0.3) is 0 Å². The predicted molar refractivity (Wildman–Crippen MR) is 99.5 cm³/mol. The van der Waals surface area contributed by atoms with Crippen LogP contribution in [0.25, 0.3) is 0 Å². The molecule has 1 aliphatic heterocycles. The highest BCUT2D eigenvalue weighted by Gasteiger charge is 2.42. The molecule has 2 aromatic rings. The molecule has 0 aromatic heterocycles. The first-order valence-electron chi connectivity index (χ1n) is 9.03. The van der Waals surface area contributed by atoms with Crippen LogP contribution < -0.4 is 4.74 Å². The fourth-order valence-electron chi connectivity index (χ4n) is 3.70. The minimum atomic E-state index is -0.948. The van der Waals surface area contributed by atoms with Crippen molar-refractivity contribution < 1.29 is 18.7 Å². The van der Waals surface area contributed by atoms with Crippen LogP contribution in [-0.4, -0.2) is 11.7 Å². The summed E-state index contributed by atoms with van der Waals surface area (Å²) in [4.78, 5) is 12.6. The molecule has 0 spiro atoms. The Balaban J connectivity index is 1.79. The third-order valence-corrected chi connectivity index (χ3v) is 4.99. The van der Waals surface area contributed by atoms with Gasteiger partial charge in [-0.2, -0.15) is 5.26 Å². The van der Waals surface area contributed by atoms with Crippen molar-refractivity contribution in [2.75, 3.05) is 0 Å². The molecular formula is C22H17FN2O3. The molecule has 2 atom stereocenters. The average Bonchev–Trinajstić information content (AvgIpc) is 2.70. The van der Waals surface area contributed by atoms with E-state index < -0.39 is 17.7 Å². The van der Waals surface area contributed by atoms with Crippen LogP contribution >= 0.6 is 0 Å². The van der Waals surface area contributed by atoms with Crippen LogP contribution in [0.2, 0.25) is 0 Å². The Bertz CT molecular complexity index is 1020. The summed E-state index contributed by atoms with van der Waals surface area (Å²) in [6, 6.07) is 15.2. The van der Waals surface area contributed by atoms with Gasteiger partial charge < -0.3 is 9.47 Å². The minimum absolute atomic E-state index is 0.00354. The Hall–Kier alpha value is -3.46. The zero-order chi connectivity index (χ0) is 19.7. The number of carbonyl (C=O) groups is 1. The van der Waals surface area contributed by atoms with Gasteiger partial charge in [-0.25, -0.2) is 4.39 Å². The minimum Gasteiger partial charge on any atom is -0.454 e. The Labute approximate surface area is 161 Å². The molecule has 0 saturated heterocycles. The zero-order valence-corrected chi connectivity index (χ0v) is 14.9. The molecule has 4 rings (SSSR count). The number of halogens is 1. The lowest BCUT2D eigenvalue weighted by Gasteiger charge is -2.34. The lowest BCUT2D eigenvalue weighted by atomic mass is 9.74. The number of rotatable bonds is 3. The van der Waals surface area contributed by atoms with Crippen molar-refractivity contribution in [2.24, 2.45) is 5.92 Å². The summed E-state index contributed by atoms with van der Waals surface area (Å²) >= 11 is 0. The van der Waals surface area contributed by atoms with Crippen molar-refractivity contribution in [1.29, 1.82) is 10.7 Å². The summed E-state index contributed by atoms with van der Waals surface area (Å²) in [5, 5.41) is 17.7. The fourth-order valence-corrected chi connectivity index (χ4v) is 3.70. The summed E-state index contributed by atoms with van der Waals surface area (Å²) in [7, 11) is 0. The van der Waals surface area contributed by atoms with Crippen molar-refractivity contribution in [3.05, 3.63) is 71.2 Å². The van der Waals surface area contributed by atoms with Crippen LogP contribution in [-0.2, 0) is 9.53 Å². The number of nitrogens with one attached hydrogen (secondary N) is 1. The van der Waals surface area contributed by atoms with Gasteiger partial charge in [-0.15, -0.1) is 0 Å². The highest BCUT2D eigenvalue weighted by Crippen LogP contribution is 2.44. The van der Waals surface area contributed by atoms with Gasteiger partial charge in [-0.1, -0.05) is 24.3 Å². The third kappa shape index (κ3) is 3.16. The molecule has 0 radical (unpaired) electrons. The predicted octanol–water partition coefficient (Wildman–Crippen LogP) is 4.86. The molecule has 1 aliphatic carbocycles. The SMILES string of the molecule is N#CC1C(=N)OC2=C(C(=O)CCC2)C1c1ccc(F)c(Oc2ccccc2)c1. The lowest BCUT2D eigenvalue weighted by molar-refractivity contribution is -0.116. The Morgan fingerprint density at radius 3 is 2.71 bits per heavy atom. The number of Topliss-reactive ketones (excluding diaryl/α,β-unsaturated/α-hetero) is 1. The number of allylic oxidation sites excluding steroid dienone is 2. The number of hydrogen-bond donors (Lipinski definition) is 1. The van der Waals surface area contributed by atoms with Gasteiger partial charge in [0.05, 0.1) is 6.07 Å². The third-order valence-electron chi connectivity index (χ3n) is 4.99. The van der Waals surface area contributed by atoms with E-state index >= 15 is 0 Å². The molecule has 5 nitrogen and oxygen atoms in total. The largest absolute Gasteiger partial charge is 0.454 e. The van der Waals surface area contributed by atoms with E-state index in [1.54, 1.807) is 24.3 Å². The van der Waals surface area contributed by atoms with E-state index in [9.17, 15) is 14.4 Å². The zero-order valence-electron chi connectivity index (χ0n) is 14.9. The normalized spacial score (nSPS) is 21.6.